The van der Waals surface area contributed by atoms with Gasteiger partial charge >= 0.3 is 11.6 Å². The topological polar surface area (TPSA) is 60.2 Å². The van der Waals surface area contributed by atoms with Crippen LogP contribution in [0.4, 0.5) is 17.1 Å². The van der Waals surface area contributed by atoms with Gasteiger partial charge in [-0.2, -0.15) is 10.1 Å². The molecule has 2 aromatic rings. The molecule has 1 saturated heterocycles. The quantitative estimate of drug-likeness (QED) is 0.879. The first-order chi connectivity index (χ1) is 11.7. The number of carbonyl (C=O) groups excluding carboxylic acids is 1. The second-order valence-electron chi connectivity index (χ2n) is 5.74. The maximum absolute atomic E-state index is 12.9. The van der Waals surface area contributed by atoms with Crippen molar-refractivity contribution in [1.29, 1.82) is 0 Å². The minimum atomic E-state index is -1.10. The van der Waals surface area contributed by atoms with Crippen molar-refractivity contribution in [2.75, 3.05) is 21.9 Å². The van der Waals surface area contributed by atoms with E-state index in [4.69, 9.17) is 4.84 Å². The number of hydrogen-bond acceptors (Lipinski definition) is 5. The number of hydroxylamine groups is 1. The van der Waals surface area contributed by atoms with Gasteiger partial charge in [-0.1, -0.05) is 18.2 Å². The Hall–Kier alpha value is -2.86. The van der Waals surface area contributed by atoms with Gasteiger partial charge in [0.1, 0.15) is 5.71 Å². The predicted octanol–water partition coefficient (Wildman–Crippen LogP) is 2.99. The fourth-order valence-electron chi connectivity index (χ4n) is 2.91. The number of rotatable bonds is 4. The van der Waals surface area contributed by atoms with E-state index in [1.807, 2.05) is 68.4 Å². The lowest BCUT2D eigenvalue weighted by Gasteiger charge is -2.12. The third kappa shape index (κ3) is 2.07. The number of nitrogens with one attached hydrogen (secondary N) is 1. The molecular weight excluding hydrogens is 304 g/mol. The second-order valence-corrected chi connectivity index (χ2v) is 5.74. The molecule has 0 saturated carbocycles. The van der Waals surface area contributed by atoms with Crippen LogP contribution in [0.25, 0.3) is 0 Å². The van der Waals surface area contributed by atoms with Gasteiger partial charge in [-0.15, -0.1) is 0 Å². The van der Waals surface area contributed by atoms with Gasteiger partial charge in [0.2, 0.25) is 0 Å². The van der Waals surface area contributed by atoms with E-state index in [1.54, 1.807) is 5.06 Å². The molecule has 1 N–H and O–H groups in total. The minimum Gasteiger partial charge on any atom is -0.385 e. The number of carbonyl (C=O) groups is 1. The first-order valence-corrected chi connectivity index (χ1v) is 7.95. The highest BCUT2D eigenvalue weighted by Gasteiger charge is 2.69. The average Bonchev–Trinajstić information content (AvgIpc) is 3.32. The number of benzene rings is 2. The summed E-state index contributed by atoms with van der Waals surface area (Å²) in [6.45, 7) is 4.72. The van der Waals surface area contributed by atoms with Gasteiger partial charge in [0.15, 0.2) is 0 Å². The summed E-state index contributed by atoms with van der Waals surface area (Å²) < 4.78 is 0. The van der Waals surface area contributed by atoms with Gasteiger partial charge in [-0.25, -0.2) is 9.90 Å². The minimum absolute atomic E-state index is 0.193. The molecule has 122 valence electrons. The van der Waals surface area contributed by atoms with E-state index in [1.165, 1.54) is 5.01 Å². The van der Waals surface area contributed by atoms with Crippen molar-refractivity contribution in [2.45, 2.75) is 19.6 Å². The summed E-state index contributed by atoms with van der Waals surface area (Å²) in [5, 5.41) is 10.7. The number of amides is 1. The van der Waals surface area contributed by atoms with Crippen molar-refractivity contribution in [3.05, 3.63) is 54.6 Å². The number of anilines is 3. The Balaban J connectivity index is 1.59. The summed E-state index contributed by atoms with van der Waals surface area (Å²) in [4.78, 5) is 18.6. The molecule has 2 heterocycles. The smallest absolute Gasteiger partial charge is 0.311 e. The maximum Gasteiger partial charge on any atom is 0.311 e. The van der Waals surface area contributed by atoms with E-state index in [0.717, 1.165) is 23.6 Å². The Kier molecular flexibility index (Phi) is 3.28. The van der Waals surface area contributed by atoms with Gasteiger partial charge in [0.25, 0.3) is 0 Å². The lowest BCUT2D eigenvalue weighted by Crippen LogP contribution is -2.38. The van der Waals surface area contributed by atoms with Crippen molar-refractivity contribution in [2.24, 2.45) is 5.10 Å². The summed E-state index contributed by atoms with van der Waals surface area (Å²) in [6, 6.07) is 17.2. The van der Waals surface area contributed by atoms with Crippen LogP contribution in [0.5, 0.6) is 0 Å². The molecule has 2 aromatic carbocycles. The summed E-state index contributed by atoms with van der Waals surface area (Å²) in [7, 11) is 0. The van der Waals surface area contributed by atoms with E-state index < -0.39 is 5.72 Å². The van der Waals surface area contributed by atoms with Crippen molar-refractivity contribution in [3.8, 4) is 0 Å². The molecule has 1 fully saturated rings. The van der Waals surface area contributed by atoms with Crippen molar-refractivity contribution < 1.29 is 9.63 Å². The molecule has 6 nitrogen and oxygen atoms in total. The first-order valence-electron chi connectivity index (χ1n) is 7.95. The van der Waals surface area contributed by atoms with E-state index in [-0.39, 0.29) is 5.91 Å². The van der Waals surface area contributed by atoms with E-state index in [0.29, 0.717) is 5.71 Å². The monoisotopic (exact) mass is 322 g/mol. The van der Waals surface area contributed by atoms with Crippen molar-refractivity contribution >= 4 is 28.7 Å². The molecule has 1 spiro atoms. The molecule has 1 atom stereocenters. The van der Waals surface area contributed by atoms with Crippen LogP contribution in [0.15, 0.2) is 59.7 Å². The highest BCUT2D eigenvalue weighted by Crippen LogP contribution is 2.46. The number of hydrazone groups is 1. The molecule has 0 radical (unpaired) electrons. The molecule has 2 aliphatic heterocycles. The fraction of sp³-hybridized carbons (Fsp3) is 0.222. The second kappa shape index (κ2) is 5.35. The lowest BCUT2D eigenvalue weighted by molar-refractivity contribution is -0.120. The number of nitrogens with zero attached hydrogens (tertiary/aromatic N) is 3. The summed E-state index contributed by atoms with van der Waals surface area (Å²) >= 11 is 0. The van der Waals surface area contributed by atoms with E-state index in [2.05, 4.69) is 10.4 Å². The van der Waals surface area contributed by atoms with Gasteiger partial charge in [-0.3, -0.25) is 4.79 Å². The van der Waals surface area contributed by atoms with Crippen LogP contribution >= 0.6 is 0 Å². The molecule has 0 aromatic heterocycles. The summed E-state index contributed by atoms with van der Waals surface area (Å²) in [5.74, 6) is -0.193. The van der Waals surface area contributed by atoms with Gasteiger partial charge in [0, 0.05) is 12.2 Å². The normalized spacial score (nSPS) is 22.1. The molecule has 2 aliphatic rings. The Morgan fingerprint density at radius 3 is 2.46 bits per heavy atom. The zero-order chi connectivity index (χ0) is 16.7. The molecule has 24 heavy (non-hydrogen) atoms. The summed E-state index contributed by atoms with van der Waals surface area (Å²) in [6.07, 6.45) is 0. The van der Waals surface area contributed by atoms with Crippen molar-refractivity contribution in [1.82, 2.24) is 0 Å². The first kappa shape index (κ1) is 14.7. The van der Waals surface area contributed by atoms with Crippen molar-refractivity contribution in [3.63, 3.8) is 0 Å². The van der Waals surface area contributed by atoms with Crippen LogP contribution < -0.4 is 15.4 Å². The highest BCUT2D eigenvalue weighted by molar-refractivity contribution is 6.25. The van der Waals surface area contributed by atoms with E-state index in [9.17, 15) is 4.79 Å². The number of hydrogen-bond donors (Lipinski definition) is 1. The Bertz CT molecular complexity index is 804. The Morgan fingerprint density at radius 1 is 1.08 bits per heavy atom. The molecule has 4 rings (SSSR count). The van der Waals surface area contributed by atoms with Gasteiger partial charge in [-0.05, 0) is 50.2 Å². The van der Waals surface area contributed by atoms with Crippen LogP contribution in [0.3, 0.4) is 0 Å². The van der Waals surface area contributed by atoms with E-state index >= 15 is 0 Å². The standard InChI is InChI=1S/C18H18N4O2/c1-3-19-14-9-11-16(12-10-14)22-18(24-22)13(2)20-21(17(18)23)15-7-5-4-6-8-15/h4-12,19H,3H2,1-2H3. The van der Waals surface area contributed by atoms with Crippen LogP contribution in [0.1, 0.15) is 13.8 Å². The predicted molar refractivity (Wildman–Crippen MR) is 93.9 cm³/mol. The Labute approximate surface area is 140 Å². The van der Waals surface area contributed by atoms with Crippen LogP contribution in [0.2, 0.25) is 0 Å². The van der Waals surface area contributed by atoms with Gasteiger partial charge < -0.3 is 5.32 Å². The third-order valence-corrected chi connectivity index (χ3v) is 4.18. The largest absolute Gasteiger partial charge is 0.385 e. The molecule has 0 aliphatic carbocycles. The molecule has 1 amide bonds. The van der Waals surface area contributed by atoms with Crippen LogP contribution in [-0.4, -0.2) is 23.9 Å². The molecule has 1 unspecified atom stereocenters. The molecular formula is C18H18N4O2. The highest BCUT2D eigenvalue weighted by atomic mass is 16.9. The molecule has 6 heteroatoms. The van der Waals surface area contributed by atoms with Crippen LogP contribution in [-0.2, 0) is 9.63 Å². The number of para-hydroxylation sites is 1. The molecule has 0 bridgehead atoms. The zero-order valence-electron chi connectivity index (χ0n) is 13.6. The SMILES string of the molecule is CCNc1ccc(N2OC23C(=O)N(c2ccccc2)N=C3C)cc1. The lowest BCUT2D eigenvalue weighted by atomic mass is 10.1. The average molecular weight is 322 g/mol. The summed E-state index contributed by atoms with van der Waals surface area (Å²) in [5.41, 5.74) is 2.12. The zero-order valence-corrected chi connectivity index (χ0v) is 13.6. The maximum atomic E-state index is 12.9. The Morgan fingerprint density at radius 2 is 1.79 bits per heavy atom. The third-order valence-electron chi connectivity index (χ3n) is 4.18. The fourth-order valence-corrected chi connectivity index (χ4v) is 2.91. The van der Waals surface area contributed by atoms with Gasteiger partial charge in [0.05, 0.1) is 11.4 Å². The van der Waals surface area contributed by atoms with Crippen LogP contribution in [0, 0.1) is 0 Å².